The van der Waals surface area contributed by atoms with Crippen LogP contribution in [0.4, 0.5) is 5.69 Å². The van der Waals surface area contributed by atoms with Gasteiger partial charge in [-0.25, -0.2) is 4.98 Å². The maximum Gasteiger partial charge on any atom is 0.255 e. The summed E-state index contributed by atoms with van der Waals surface area (Å²) in [4.78, 5) is 17.5. The van der Waals surface area contributed by atoms with E-state index in [-0.39, 0.29) is 5.91 Å². The van der Waals surface area contributed by atoms with Crippen LogP contribution in [0.25, 0.3) is 22.6 Å². The van der Waals surface area contributed by atoms with Gasteiger partial charge in [-0.3, -0.25) is 4.79 Å². The lowest BCUT2D eigenvalue weighted by Crippen LogP contribution is -2.17. The van der Waals surface area contributed by atoms with Crippen LogP contribution >= 0.6 is 0 Å². The Balaban J connectivity index is 1.45. The second-order valence-electron chi connectivity index (χ2n) is 7.71. The molecule has 0 aliphatic carbocycles. The van der Waals surface area contributed by atoms with E-state index in [1.54, 1.807) is 18.2 Å². The zero-order valence-corrected chi connectivity index (χ0v) is 17.6. The lowest BCUT2D eigenvalue weighted by molar-refractivity contribution is 0.102. The fourth-order valence-corrected chi connectivity index (χ4v) is 3.68. The second-order valence-corrected chi connectivity index (χ2v) is 7.71. The van der Waals surface area contributed by atoms with Crippen LogP contribution in [0, 0.1) is 20.8 Å². The molecule has 1 aromatic heterocycles. The number of carbonyl (C=O) groups is 1. The maximum absolute atomic E-state index is 12.9. The van der Waals surface area contributed by atoms with Crippen molar-refractivity contribution in [2.45, 2.75) is 20.8 Å². The first-order chi connectivity index (χ1) is 15.0. The number of hydrogen-bond acceptors (Lipinski definition) is 5. The summed E-state index contributed by atoms with van der Waals surface area (Å²) < 4.78 is 17.1. The number of amides is 1. The van der Waals surface area contributed by atoms with Crippen LogP contribution in [-0.2, 0) is 0 Å². The van der Waals surface area contributed by atoms with E-state index in [1.165, 1.54) is 5.56 Å². The van der Waals surface area contributed by atoms with Crippen molar-refractivity contribution in [3.05, 3.63) is 70.8 Å². The van der Waals surface area contributed by atoms with E-state index < -0.39 is 0 Å². The lowest BCUT2D eigenvalue weighted by atomic mass is 10.1. The van der Waals surface area contributed by atoms with Gasteiger partial charge in [0.15, 0.2) is 17.1 Å². The molecule has 0 atom stereocenters. The molecule has 6 nitrogen and oxygen atoms in total. The molecule has 6 heteroatoms. The Morgan fingerprint density at radius 1 is 0.935 bits per heavy atom. The molecule has 156 valence electrons. The third kappa shape index (κ3) is 3.50. The molecule has 1 aliphatic rings. The summed E-state index contributed by atoms with van der Waals surface area (Å²) in [5.41, 5.74) is 6.83. The third-order valence-electron chi connectivity index (χ3n) is 5.62. The average molecular weight is 414 g/mol. The smallest absolute Gasteiger partial charge is 0.255 e. The molecule has 0 radical (unpaired) electrons. The van der Waals surface area contributed by atoms with E-state index in [1.807, 2.05) is 37.3 Å². The van der Waals surface area contributed by atoms with Crippen LogP contribution in [0.1, 0.15) is 27.0 Å². The molecule has 3 aromatic carbocycles. The van der Waals surface area contributed by atoms with Crippen molar-refractivity contribution < 1.29 is 18.7 Å². The van der Waals surface area contributed by atoms with Gasteiger partial charge in [-0.05, 0) is 79.9 Å². The number of ether oxygens (including phenoxy) is 2. The fourth-order valence-electron chi connectivity index (χ4n) is 3.68. The Kier molecular flexibility index (Phi) is 4.62. The Morgan fingerprint density at radius 3 is 2.55 bits per heavy atom. The van der Waals surface area contributed by atoms with Crippen LogP contribution in [-0.4, -0.2) is 24.1 Å². The number of nitrogens with one attached hydrogen (secondary N) is 1. The van der Waals surface area contributed by atoms with Gasteiger partial charge in [-0.1, -0.05) is 6.07 Å². The minimum Gasteiger partial charge on any atom is -0.486 e. The minimum absolute atomic E-state index is 0.221. The first-order valence-electron chi connectivity index (χ1n) is 10.2. The molecule has 0 fully saturated rings. The van der Waals surface area contributed by atoms with Crippen molar-refractivity contribution in [1.82, 2.24) is 4.98 Å². The van der Waals surface area contributed by atoms with Gasteiger partial charge in [0.2, 0.25) is 5.89 Å². The predicted molar refractivity (Wildman–Crippen MR) is 119 cm³/mol. The summed E-state index contributed by atoms with van der Waals surface area (Å²) in [6.07, 6.45) is 0. The Labute approximate surface area is 179 Å². The van der Waals surface area contributed by atoms with E-state index in [0.717, 1.165) is 27.8 Å². The van der Waals surface area contributed by atoms with E-state index in [0.29, 0.717) is 41.9 Å². The minimum atomic E-state index is -0.221. The van der Waals surface area contributed by atoms with Gasteiger partial charge in [0.1, 0.15) is 18.7 Å². The zero-order valence-electron chi connectivity index (χ0n) is 17.6. The van der Waals surface area contributed by atoms with Gasteiger partial charge in [-0.2, -0.15) is 0 Å². The first-order valence-corrected chi connectivity index (χ1v) is 10.2. The molecular formula is C25H22N2O4. The summed E-state index contributed by atoms with van der Waals surface area (Å²) in [6, 6.07) is 14.9. The number of carbonyl (C=O) groups excluding carboxylic acids is 1. The molecule has 2 heterocycles. The summed E-state index contributed by atoms with van der Waals surface area (Å²) >= 11 is 0. The molecule has 31 heavy (non-hydrogen) atoms. The van der Waals surface area contributed by atoms with Gasteiger partial charge in [-0.15, -0.1) is 0 Å². The summed E-state index contributed by atoms with van der Waals surface area (Å²) in [5.74, 6) is 1.55. The number of rotatable bonds is 3. The van der Waals surface area contributed by atoms with Crippen molar-refractivity contribution >= 4 is 22.7 Å². The number of anilines is 1. The fraction of sp³-hybridized carbons (Fsp3) is 0.200. The third-order valence-corrected chi connectivity index (χ3v) is 5.62. The van der Waals surface area contributed by atoms with Crippen LogP contribution in [0.3, 0.4) is 0 Å². The SMILES string of the molecule is Cc1cc2nc(-c3cccc(NC(=O)c4ccc5c(c4)OCCO5)c3C)oc2cc1C. The van der Waals surface area contributed by atoms with Crippen molar-refractivity contribution in [2.75, 3.05) is 18.5 Å². The summed E-state index contributed by atoms with van der Waals surface area (Å²) in [6.45, 7) is 7.04. The van der Waals surface area contributed by atoms with E-state index >= 15 is 0 Å². The Bertz CT molecular complexity index is 1280. The van der Waals surface area contributed by atoms with Crippen molar-refractivity contribution in [2.24, 2.45) is 0 Å². The van der Waals surface area contributed by atoms with Gasteiger partial charge in [0, 0.05) is 16.8 Å². The molecule has 1 amide bonds. The number of fused-ring (bicyclic) bond motifs is 2. The number of oxazole rings is 1. The summed E-state index contributed by atoms with van der Waals surface area (Å²) in [5, 5.41) is 2.99. The predicted octanol–water partition coefficient (Wildman–Crippen LogP) is 5.44. The molecule has 0 saturated carbocycles. The van der Waals surface area contributed by atoms with Gasteiger partial charge in [0.25, 0.3) is 5.91 Å². The van der Waals surface area contributed by atoms with Crippen molar-refractivity contribution in [3.8, 4) is 23.0 Å². The average Bonchev–Trinajstić information content (AvgIpc) is 3.17. The number of aryl methyl sites for hydroxylation is 2. The lowest BCUT2D eigenvalue weighted by Gasteiger charge is -2.19. The maximum atomic E-state index is 12.9. The number of nitrogens with zero attached hydrogens (tertiary/aromatic N) is 1. The van der Waals surface area contributed by atoms with Crippen LogP contribution in [0.5, 0.6) is 11.5 Å². The van der Waals surface area contributed by atoms with Crippen LogP contribution in [0.15, 0.2) is 52.9 Å². The molecular weight excluding hydrogens is 392 g/mol. The number of aromatic nitrogens is 1. The van der Waals surface area contributed by atoms with Crippen LogP contribution < -0.4 is 14.8 Å². The highest BCUT2D eigenvalue weighted by Crippen LogP contribution is 2.33. The van der Waals surface area contributed by atoms with Crippen molar-refractivity contribution in [3.63, 3.8) is 0 Å². The van der Waals surface area contributed by atoms with Gasteiger partial charge in [0.05, 0.1) is 0 Å². The molecule has 1 aliphatic heterocycles. The normalized spacial score (nSPS) is 12.7. The summed E-state index contributed by atoms with van der Waals surface area (Å²) in [7, 11) is 0. The molecule has 0 bridgehead atoms. The van der Waals surface area contributed by atoms with E-state index in [9.17, 15) is 4.79 Å². The van der Waals surface area contributed by atoms with Gasteiger partial charge < -0.3 is 19.2 Å². The highest BCUT2D eigenvalue weighted by atomic mass is 16.6. The molecule has 0 spiro atoms. The second kappa shape index (κ2) is 7.47. The molecule has 0 saturated heterocycles. The largest absolute Gasteiger partial charge is 0.486 e. The quantitative estimate of drug-likeness (QED) is 0.483. The number of benzene rings is 3. The highest BCUT2D eigenvalue weighted by Gasteiger charge is 2.18. The molecule has 4 aromatic rings. The monoisotopic (exact) mass is 414 g/mol. The van der Waals surface area contributed by atoms with Crippen molar-refractivity contribution in [1.29, 1.82) is 0 Å². The molecule has 5 rings (SSSR count). The van der Waals surface area contributed by atoms with E-state index in [4.69, 9.17) is 13.9 Å². The first kappa shape index (κ1) is 19.2. The van der Waals surface area contributed by atoms with Gasteiger partial charge >= 0.3 is 0 Å². The number of hydrogen-bond donors (Lipinski definition) is 1. The highest BCUT2D eigenvalue weighted by molar-refractivity contribution is 6.05. The molecule has 1 N–H and O–H groups in total. The molecule has 0 unspecified atom stereocenters. The van der Waals surface area contributed by atoms with E-state index in [2.05, 4.69) is 24.1 Å². The Hall–Kier alpha value is -3.80. The topological polar surface area (TPSA) is 73.6 Å². The Morgan fingerprint density at radius 2 is 1.71 bits per heavy atom. The standard InChI is InChI=1S/C25H22N2O4/c1-14-11-20-22(12-15(14)2)31-25(27-20)18-5-4-6-19(16(18)3)26-24(28)17-7-8-21-23(13-17)30-10-9-29-21/h4-8,11-13H,9-10H2,1-3H3,(H,26,28). The van der Waals surface area contributed by atoms with Crippen LogP contribution in [0.2, 0.25) is 0 Å². The zero-order chi connectivity index (χ0) is 21.5.